The molecule has 4 fully saturated rings. The number of thiophene rings is 1. The van der Waals surface area contributed by atoms with Crippen molar-refractivity contribution in [3.8, 4) is 0 Å². The third-order valence-corrected chi connectivity index (χ3v) is 12.9. The van der Waals surface area contributed by atoms with Crippen molar-refractivity contribution in [3.05, 3.63) is 21.3 Å². The van der Waals surface area contributed by atoms with Gasteiger partial charge < -0.3 is 15.5 Å². The molecule has 4 nitrogen and oxygen atoms in total. The molecule has 1 amide bonds. The van der Waals surface area contributed by atoms with Crippen LogP contribution in [0.25, 0.3) is 0 Å². The summed E-state index contributed by atoms with van der Waals surface area (Å²) in [4.78, 5) is 14.3. The fourth-order valence-electron chi connectivity index (χ4n) is 9.75. The van der Waals surface area contributed by atoms with E-state index < -0.39 is 0 Å². The van der Waals surface area contributed by atoms with Crippen LogP contribution in [0.15, 0.2) is 12.1 Å². The van der Waals surface area contributed by atoms with Crippen molar-refractivity contribution in [2.45, 2.75) is 110 Å². The van der Waals surface area contributed by atoms with Crippen LogP contribution in [0.1, 0.15) is 103 Å². The minimum atomic E-state index is -0.247. The molecule has 4 aliphatic carbocycles. The monoisotopic (exact) mass is 535 g/mol. The Morgan fingerprint density at radius 2 is 1.83 bits per heavy atom. The highest BCUT2D eigenvalue weighted by atomic mass is 35.5. The molecule has 3 N–H and O–H groups in total. The summed E-state index contributed by atoms with van der Waals surface area (Å²) in [5, 5.41) is 25.1. The number of nitrogens with one attached hydrogen (secondary N) is 1. The van der Waals surface area contributed by atoms with E-state index in [1.54, 1.807) is 11.3 Å². The number of aliphatic hydroxyl groups is 2. The van der Waals surface area contributed by atoms with Crippen LogP contribution in [0.3, 0.4) is 0 Å². The Morgan fingerprint density at radius 3 is 2.53 bits per heavy atom. The first kappa shape index (κ1) is 27.0. The highest BCUT2D eigenvalue weighted by Crippen LogP contribution is 2.68. The van der Waals surface area contributed by atoms with E-state index >= 15 is 0 Å². The zero-order chi connectivity index (χ0) is 25.8. The fourth-order valence-corrected chi connectivity index (χ4v) is 10.9. The minimum Gasteiger partial charge on any atom is -0.393 e. The zero-order valence-corrected chi connectivity index (χ0v) is 24.1. The van der Waals surface area contributed by atoms with Crippen LogP contribution < -0.4 is 5.32 Å². The number of hydrogen-bond donors (Lipinski definition) is 3. The van der Waals surface area contributed by atoms with Crippen molar-refractivity contribution < 1.29 is 15.0 Å². The van der Waals surface area contributed by atoms with Gasteiger partial charge in [-0.2, -0.15) is 0 Å². The molecular weight excluding hydrogens is 490 g/mol. The van der Waals surface area contributed by atoms with Crippen molar-refractivity contribution in [3.63, 3.8) is 0 Å². The van der Waals surface area contributed by atoms with E-state index in [2.05, 4.69) is 33.0 Å². The Hall–Kier alpha value is -0.620. The third-order valence-electron chi connectivity index (χ3n) is 11.6. The molecule has 0 aromatic carbocycles. The predicted molar refractivity (Wildman–Crippen MR) is 147 cm³/mol. The first-order chi connectivity index (χ1) is 17.1. The molecule has 6 heteroatoms. The molecule has 1 aromatic rings. The van der Waals surface area contributed by atoms with Crippen LogP contribution in [0.2, 0.25) is 4.34 Å². The molecule has 0 aliphatic heterocycles. The van der Waals surface area contributed by atoms with Crippen LogP contribution in [-0.4, -0.2) is 28.3 Å². The standard InChI is InChI=1S/C30H46ClNO3S/c1-5-23(25-8-9-26(31)36-25)32-27(35)14-17(2)20-6-7-21-28-22(11-13-30(20,21)4)29(3)12-10-19(33)15-18(29)16-24(28)34/h8-9,17-24,28,33-34H,5-7,10-16H2,1-4H3,(H,32,35)/t17-,18+,19-,20-,21+,22+,23-,24-,28+,29+,30-/m1/s1. The second kappa shape index (κ2) is 10.2. The van der Waals surface area contributed by atoms with Crippen molar-refractivity contribution >= 4 is 28.8 Å². The topological polar surface area (TPSA) is 69.6 Å². The van der Waals surface area contributed by atoms with Crippen LogP contribution in [0.5, 0.6) is 0 Å². The van der Waals surface area contributed by atoms with Gasteiger partial charge in [-0.3, -0.25) is 4.79 Å². The molecule has 5 rings (SSSR count). The summed E-state index contributed by atoms with van der Waals surface area (Å²) in [7, 11) is 0. The summed E-state index contributed by atoms with van der Waals surface area (Å²) >= 11 is 7.69. The van der Waals surface area contributed by atoms with Crippen LogP contribution >= 0.6 is 22.9 Å². The van der Waals surface area contributed by atoms with Crippen molar-refractivity contribution in [1.82, 2.24) is 5.32 Å². The van der Waals surface area contributed by atoms with Crippen LogP contribution in [-0.2, 0) is 4.79 Å². The number of hydrogen-bond acceptors (Lipinski definition) is 4. The summed E-state index contributed by atoms with van der Waals surface area (Å²) in [6, 6.07) is 3.97. The predicted octanol–water partition coefficient (Wildman–Crippen LogP) is 6.99. The molecule has 11 atom stereocenters. The van der Waals surface area contributed by atoms with Gasteiger partial charge in [-0.25, -0.2) is 0 Å². The molecule has 4 saturated carbocycles. The Balaban J connectivity index is 1.27. The molecule has 0 spiro atoms. The summed E-state index contributed by atoms with van der Waals surface area (Å²) in [6.07, 6.45) is 9.47. The van der Waals surface area contributed by atoms with Gasteiger partial charge in [0.2, 0.25) is 5.91 Å². The van der Waals surface area contributed by atoms with Crippen molar-refractivity contribution in [2.24, 2.45) is 46.3 Å². The van der Waals surface area contributed by atoms with E-state index in [4.69, 9.17) is 11.6 Å². The van der Waals surface area contributed by atoms with E-state index in [1.807, 2.05) is 12.1 Å². The van der Waals surface area contributed by atoms with E-state index in [-0.39, 0.29) is 35.0 Å². The van der Waals surface area contributed by atoms with Gasteiger partial charge in [-0.1, -0.05) is 39.3 Å². The summed E-state index contributed by atoms with van der Waals surface area (Å²) in [5.41, 5.74) is 0.457. The maximum atomic E-state index is 13.1. The number of carbonyl (C=O) groups excluding carboxylic acids is 1. The molecule has 36 heavy (non-hydrogen) atoms. The highest BCUT2D eigenvalue weighted by molar-refractivity contribution is 7.16. The largest absolute Gasteiger partial charge is 0.393 e. The zero-order valence-electron chi connectivity index (χ0n) is 22.5. The second-order valence-corrected chi connectivity index (χ2v) is 15.1. The average Bonchev–Trinajstić information content (AvgIpc) is 3.41. The maximum Gasteiger partial charge on any atom is 0.220 e. The normalized spacial score (nSPS) is 43.7. The number of rotatable bonds is 6. The number of aliphatic hydroxyl groups excluding tert-OH is 2. The number of halogens is 1. The first-order valence-electron chi connectivity index (χ1n) is 14.5. The molecule has 0 radical (unpaired) electrons. The lowest BCUT2D eigenvalue weighted by molar-refractivity contribution is -0.174. The molecule has 0 unspecified atom stereocenters. The maximum absolute atomic E-state index is 13.1. The van der Waals surface area contributed by atoms with Gasteiger partial charge in [0.05, 0.1) is 22.6 Å². The van der Waals surface area contributed by atoms with E-state index in [0.717, 1.165) is 41.3 Å². The van der Waals surface area contributed by atoms with Crippen LogP contribution in [0, 0.1) is 46.3 Å². The molecule has 1 aromatic heterocycles. The van der Waals surface area contributed by atoms with Gasteiger partial charge in [0.1, 0.15) is 0 Å². The number of fused-ring (bicyclic) bond motifs is 5. The van der Waals surface area contributed by atoms with Gasteiger partial charge in [-0.15, -0.1) is 11.3 Å². The Kier molecular flexibility index (Phi) is 7.62. The average molecular weight is 536 g/mol. The van der Waals surface area contributed by atoms with E-state index in [9.17, 15) is 15.0 Å². The molecule has 1 heterocycles. The lowest BCUT2D eigenvalue weighted by atomic mass is 9.43. The molecule has 202 valence electrons. The smallest absolute Gasteiger partial charge is 0.220 e. The number of amides is 1. The molecular formula is C30H46ClNO3S. The lowest BCUT2D eigenvalue weighted by Gasteiger charge is -2.62. The highest BCUT2D eigenvalue weighted by Gasteiger charge is 2.62. The van der Waals surface area contributed by atoms with Gasteiger partial charge in [0.15, 0.2) is 0 Å². The Labute approximate surface area is 226 Å². The fraction of sp³-hybridized carbons (Fsp3) is 0.833. The van der Waals surface area contributed by atoms with Gasteiger partial charge >= 0.3 is 0 Å². The Morgan fingerprint density at radius 1 is 1.11 bits per heavy atom. The first-order valence-corrected chi connectivity index (χ1v) is 15.7. The minimum absolute atomic E-state index is 0.0321. The van der Waals surface area contributed by atoms with Gasteiger partial charge in [-0.05, 0) is 116 Å². The van der Waals surface area contributed by atoms with Crippen molar-refractivity contribution in [1.29, 1.82) is 0 Å². The number of carbonyl (C=O) groups is 1. The van der Waals surface area contributed by atoms with Crippen LogP contribution in [0.4, 0.5) is 0 Å². The third kappa shape index (κ3) is 4.58. The summed E-state index contributed by atoms with van der Waals surface area (Å²) in [6.45, 7) is 9.34. The summed E-state index contributed by atoms with van der Waals surface area (Å²) < 4.78 is 0.765. The van der Waals surface area contributed by atoms with Gasteiger partial charge in [0.25, 0.3) is 0 Å². The molecule has 0 saturated heterocycles. The molecule has 0 bridgehead atoms. The quantitative estimate of drug-likeness (QED) is 0.368. The second-order valence-electron chi connectivity index (χ2n) is 13.3. The van der Waals surface area contributed by atoms with Crippen molar-refractivity contribution in [2.75, 3.05) is 0 Å². The Bertz CT molecular complexity index is 952. The SMILES string of the molecule is CC[C@@H](NC(=O)C[C@@H](C)[C@H]1CC[C@H]2[C@@H]3[C@H](O)C[C@@H]4C[C@H](O)CC[C@]4(C)[C@H]3CC[C@]12C)c1ccc(Cl)s1. The van der Waals surface area contributed by atoms with Gasteiger partial charge in [0, 0.05) is 11.3 Å². The summed E-state index contributed by atoms with van der Waals surface area (Å²) in [5.74, 6) is 2.94. The van der Waals surface area contributed by atoms with E-state index in [0.29, 0.717) is 41.9 Å². The van der Waals surface area contributed by atoms with E-state index in [1.165, 1.54) is 25.7 Å². The lowest BCUT2D eigenvalue weighted by Crippen LogP contribution is -2.58. The molecule has 4 aliphatic rings.